The Morgan fingerprint density at radius 1 is 1.21 bits per heavy atom. The highest BCUT2D eigenvalue weighted by Crippen LogP contribution is 2.22. The van der Waals surface area contributed by atoms with Crippen LogP contribution in [0.25, 0.3) is 0 Å². The Kier molecular flexibility index (Phi) is 4.61. The van der Waals surface area contributed by atoms with Crippen molar-refractivity contribution in [3.8, 4) is 0 Å². The molecule has 98 valence electrons. The molecule has 0 saturated carbocycles. The van der Waals surface area contributed by atoms with E-state index in [1.54, 1.807) is 18.2 Å². The predicted octanol–water partition coefficient (Wildman–Crippen LogP) is 4.59. The van der Waals surface area contributed by atoms with Gasteiger partial charge < -0.3 is 5.32 Å². The molecule has 0 saturated heterocycles. The summed E-state index contributed by atoms with van der Waals surface area (Å²) in [5, 5.41) is 3.56. The Labute approximate surface area is 125 Å². The molecule has 2 aromatic rings. The zero-order valence-electron chi connectivity index (χ0n) is 10.4. The topological polar surface area (TPSA) is 29.1 Å². The van der Waals surface area contributed by atoms with Gasteiger partial charge in [-0.15, -0.1) is 0 Å². The molecule has 4 heteroatoms. The van der Waals surface area contributed by atoms with Gasteiger partial charge in [0.1, 0.15) is 0 Å². The van der Waals surface area contributed by atoms with E-state index in [1.807, 2.05) is 37.3 Å². The van der Waals surface area contributed by atoms with Gasteiger partial charge in [0.2, 0.25) is 0 Å². The van der Waals surface area contributed by atoms with Gasteiger partial charge >= 0.3 is 0 Å². The molecule has 0 spiro atoms. The van der Waals surface area contributed by atoms with Crippen LogP contribution >= 0.6 is 27.5 Å². The molecule has 2 nitrogen and oxygen atoms in total. The second-order valence-electron chi connectivity index (χ2n) is 4.23. The molecule has 0 aromatic heterocycles. The molecule has 2 aromatic carbocycles. The Bertz CT molecular complexity index is 586. The molecule has 0 aliphatic carbocycles. The third-order valence-corrected chi connectivity index (χ3v) is 3.71. The molecule has 19 heavy (non-hydrogen) atoms. The van der Waals surface area contributed by atoms with Crippen molar-refractivity contribution >= 4 is 33.4 Å². The Morgan fingerprint density at radius 3 is 2.53 bits per heavy atom. The van der Waals surface area contributed by atoms with Crippen LogP contribution in [-0.4, -0.2) is 5.91 Å². The molecule has 0 heterocycles. The monoisotopic (exact) mass is 337 g/mol. The van der Waals surface area contributed by atoms with Crippen LogP contribution in [0.5, 0.6) is 0 Å². The first-order valence-electron chi connectivity index (χ1n) is 5.89. The smallest absolute Gasteiger partial charge is 0.252 e. The second kappa shape index (κ2) is 6.22. The predicted molar refractivity (Wildman–Crippen MR) is 81.5 cm³/mol. The first kappa shape index (κ1) is 14.1. The van der Waals surface area contributed by atoms with E-state index in [1.165, 1.54) is 0 Å². The minimum atomic E-state index is -0.125. The van der Waals surface area contributed by atoms with Gasteiger partial charge in [-0.3, -0.25) is 4.79 Å². The summed E-state index contributed by atoms with van der Waals surface area (Å²) < 4.78 is 0.692. The van der Waals surface area contributed by atoms with Crippen LogP contribution < -0.4 is 5.32 Å². The maximum atomic E-state index is 12.2. The fraction of sp³-hybridized carbons (Fsp3) is 0.133. The van der Waals surface area contributed by atoms with Crippen molar-refractivity contribution in [1.82, 2.24) is 5.32 Å². The minimum absolute atomic E-state index is 0.0451. The zero-order chi connectivity index (χ0) is 13.8. The number of benzene rings is 2. The molecule has 0 radical (unpaired) electrons. The number of nitrogens with one attached hydrogen (secondary N) is 1. The lowest BCUT2D eigenvalue weighted by atomic mass is 10.1. The SMILES string of the molecule is C[C@@H](NC(=O)c1ccc(Cl)cc1Br)c1ccccc1. The van der Waals surface area contributed by atoms with E-state index >= 15 is 0 Å². The Morgan fingerprint density at radius 2 is 1.89 bits per heavy atom. The molecule has 1 atom stereocenters. The molecule has 0 aliphatic heterocycles. The molecule has 2 rings (SSSR count). The lowest BCUT2D eigenvalue weighted by Crippen LogP contribution is -2.26. The standard InChI is InChI=1S/C15H13BrClNO/c1-10(11-5-3-2-4-6-11)18-15(19)13-8-7-12(17)9-14(13)16/h2-10H,1H3,(H,18,19)/t10-/m1/s1. The van der Waals surface area contributed by atoms with Crippen LogP contribution in [0.3, 0.4) is 0 Å². The van der Waals surface area contributed by atoms with Gasteiger partial charge in [0.15, 0.2) is 0 Å². The lowest BCUT2D eigenvalue weighted by molar-refractivity contribution is 0.0939. The lowest BCUT2D eigenvalue weighted by Gasteiger charge is -2.15. The number of hydrogen-bond acceptors (Lipinski definition) is 1. The van der Waals surface area contributed by atoms with Gasteiger partial charge in [-0.1, -0.05) is 41.9 Å². The number of rotatable bonds is 3. The summed E-state index contributed by atoms with van der Waals surface area (Å²) in [6.07, 6.45) is 0. The summed E-state index contributed by atoms with van der Waals surface area (Å²) in [4.78, 5) is 12.2. The van der Waals surface area contributed by atoms with Gasteiger partial charge in [-0.2, -0.15) is 0 Å². The Balaban J connectivity index is 2.13. The van der Waals surface area contributed by atoms with E-state index in [9.17, 15) is 4.79 Å². The van der Waals surface area contributed by atoms with Crippen molar-refractivity contribution in [3.63, 3.8) is 0 Å². The fourth-order valence-corrected chi connectivity index (χ4v) is 2.64. The van der Waals surface area contributed by atoms with E-state index < -0.39 is 0 Å². The van der Waals surface area contributed by atoms with Crippen molar-refractivity contribution in [2.45, 2.75) is 13.0 Å². The molecule has 0 aliphatic rings. The largest absolute Gasteiger partial charge is 0.345 e. The average Bonchev–Trinajstić information content (AvgIpc) is 2.39. The zero-order valence-corrected chi connectivity index (χ0v) is 12.7. The van der Waals surface area contributed by atoms with E-state index in [0.29, 0.717) is 15.1 Å². The minimum Gasteiger partial charge on any atom is -0.345 e. The van der Waals surface area contributed by atoms with Crippen LogP contribution in [0, 0.1) is 0 Å². The third kappa shape index (κ3) is 3.58. The van der Waals surface area contributed by atoms with Crippen LogP contribution in [0.4, 0.5) is 0 Å². The van der Waals surface area contributed by atoms with Crippen molar-refractivity contribution in [2.75, 3.05) is 0 Å². The van der Waals surface area contributed by atoms with Crippen LogP contribution in [0.2, 0.25) is 5.02 Å². The maximum Gasteiger partial charge on any atom is 0.252 e. The summed E-state index contributed by atoms with van der Waals surface area (Å²) in [6.45, 7) is 1.96. The highest BCUT2D eigenvalue weighted by molar-refractivity contribution is 9.10. The number of amides is 1. The molecule has 1 N–H and O–H groups in total. The van der Waals surface area contributed by atoms with Crippen molar-refractivity contribution in [3.05, 3.63) is 69.2 Å². The summed E-state index contributed by atoms with van der Waals surface area (Å²) in [7, 11) is 0. The Hall–Kier alpha value is -1.32. The number of halogens is 2. The van der Waals surface area contributed by atoms with Gasteiger partial charge in [0, 0.05) is 9.50 Å². The molecular weight excluding hydrogens is 326 g/mol. The van der Waals surface area contributed by atoms with Crippen molar-refractivity contribution in [2.24, 2.45) is 0 Å². The maximum absolute atomic E-state index is 12.2. The number of carbonyl (C=O) groups is 1. The summed E-state index contributed by atoms with van der Waals surface area (Å²) >= 11 is 9.21. The first-order chi connectivity index (χ1) is 9.08. The molecular formula is C15H13BrClNO. The van der Waals surface area contributed by atoms with Gasteiger partial charge in [0.25, 0.3) is 5.91 Å². The number of hydrogen-bond donors (Lipinski definition) is 1. The fourth-order valence-electron chi connectivity index (χ4n) is 1.77. The summed E-state index contributed by atoms with van der Waals surface area (Å²) in [6, 6.07) is 14.9. The van der Waals surface area contributed by atoms with Crippen LogP contribution in [0.15, 0.2) is 53.0 Å². The molecule has 0 unspecified atom stereocenters. The number of carbonyl (C=O) groups excluding carboxylic acids is 1. The van der Waals surface area contributed by atoms with Gasteiger partial charge in [0.05, 0.1) is 11.6 Å². The summed E-state index contributed by atoms with van der Waals surface area (Å²) in [5.74, 6) is -0.125. The normalized spacial score (nSPS) is 11.9. The van der Waals surface area contributed by atoms with Crippen molar-refractivity contribution < 1.29 is 4.79 Å². The van der Waals surface area contributed by atoms with Crippen LogP contribution in [0.1, 0.15) is 28.9 Å². The van der Waals surface area contributed by atoms with E-state index in [0.717, 1.165) is 5.56 Å². The van der Waals surface area contributed by atoms with Crippen molar-refractivity contribution in [1.29, 1.82) is 0 Å². The third-order valence-electron chi connectivity index (χ3n) is 2.82. The molecule has 0 fully saturated rings. The van der Waals surface area contributed by atoms with Crippen LogP contribution in [-0.2, 0) is 0 Å². The van der Waals surface area contributed by atoms with Gasteiger partial charge in [-0.25, -0.2) is 0 Å². The van der Waals surface area contributed by atoms with E-state index in [-0.39, 0.29) is 11.9 Å². The quantitative estimate of drug-likeness (QED) is 0.871. The average molecular weight is 339 g/mol. The molecule has 1 amide bonds. The van der Waals surface area contributed by atoms with E-state index in [2.05, 4.69) is 21.2 Å². The first-order valence-corrected chi connectivity index (χ1v) is 7.06. The van der Waals surface area contributed by atoms with E-state index in [4.69, 9.17) is 11.6 Å². The highest BCUT2D eigenvalue weighted by Gasteiger charge is 2.13. The molecule has 0 bridgehead atoms. The second-order valence-corrected chi connectivity index (χ2v) is 5.52. The van der Waals surface area contributed by atoms with Gasteiger partial charge in [-0.05, 0) is 46.6 Å². The summed E-state index contributed by atoms with van der Waals surface area (Å²) in [5.41, 5.74) is 1.65. The highest BCUT2D eigenvalue weighted by atomic mass is 79.9.